The topological polar surface area (TPSA) is 70.0 Å². The van der Waals surface area contributed by atoms with E-state index < -0.39 is 11.8 Å². The largest absolute Gasteiger partial charge is 0.497 e. The summed E-state index contributed by atoms with van der Waals surface area (Å²) in [6.45, 7) is 0. The Balaban J connectivity index is 2.36. The van der Waals surface area contributed by atoms with Crippen molar-refractivity contribution in [2.45, 2.75) is 37.8 Å². The minimum absolute atomic E-state index is 0.441. The molecule has 1 fully saturated rings. The summed E-state index contributed by atoms with van der Waals surface area (Å²) >= 11 is 0. The van der Waals surface area contributed by atoms with E-state index >= 15 is 0 Å². The average molecular weight is 265 g/mol. The zero-order valence-corrected chi connectivity index (χ0v) is 11.0. The Labute approximate surface area is 112 Å². The molecule has 1 aliphatic carbocycles. The van der Waals surface area contributed by atoms with Crippen LogP contribution in [0.4, 0.5) is 10.5 Å². The zero-order valence-electron chi connectivity index (χ0n) is 11.0. The molecule has 0 bridgehead atoms. The van der Waals surface area contributed by atoms with Crippen LogP contribution in [-0.2, 0) is 0 Å². The number of anilines is 1. The molecule has 19 heavy (non-hydrogen) atoms. The van der Waals surface area contributed by atoms with Crippen molar-refractivity contribution in [1.82, 2.24) is 0 Å². The minimum Gasteiger partial charge on any atom is -0.497 e. The third-order valence-corrected chi connectivity index (χ3v) is 3.57. The van der Waals surface area contributed by atoms with Gasteiger partial charge in [0.1, 0.15) is 11.5 Å². The Morgan fingerprint density at radius 1 is 1.32 bits per heavy atom. The molecule has 1 amide bonds. The SMILES string of the molecule is COc1cccc(N(C(=O)O)C2(O)CCCCC2)c1. The number of carboxylic acid groups (broad SMARTS) is 1. The van der Waals surface area contributed by atoms with Crippen molar-refractivity contribution in [2.75, 3.05) is 12.0 Å². The number of carbonyl (C=O) groups is 1. The molecule has 1 aromatic rings. The predicted octanol–water partition coefficient (Wildman–Crippen LogP) is 2.83. The van der Waals surface area contributed by atoms with Crippen LogP contribution in [0.2, 0.25) is 0 Å². The third-order valence-electron chi connectivity index (χ3n) is 3.57. The molecule has 0 atom stereocenters. The van der Waals surface area contributed by atoms with Gasteiger partial charge in [-0.1, -0.05) is 12.5 Å². The number of aliphatic hydroxyl groups is 1. The highest BCUT2D eigenvalue weighted by molar-refractivity contribution is 5.87. The second kappa shape index (κ2) is 5.48. The summed E-state index contributed by atoms with van der Waals surface area (Å²) in [5.74, 6) is 0.572. The van der Waals surface area contributed by atoms with Crippen LogP contribution in [0.1, 0.15) is 32.1 Å². The molecule has 0 heterocycles. The molecule has 5 nitrogen and oxygen atoms in total. The van der Waals surface area contributed by atoms with E-state index in [1.54, 1.807) is 24.3 Å². The number of methoxy groups -OCH3 is 1. The van der Waals surface area contributed by atoms with Crippen molar-refractivity contribution in [3.05, 3.63) is 24.3 Å². The Bertz CT molecular complexity index is 455. The minimum atomic E-state index is -1.31. The lowest BCUT2D eigenvalue weighted by Crippen LogP contribution is -2.53. The first-order valence-corrected chi connectivity index (χ1v) is 6.46. The highest BCUT2D eigenvalue weighted by Gasteiger charge is 2.40. The molecule has 2 N–H and O–H groups in total. The fourth-order valence-electron chi connectivity index (χ4n) is 2.62. The molecular formula is C14H19NO4. The first kappa shape index (κ1) is 13.7. The van der Waals surface area contributed by atoms with Crippen molar-refractivity contribution in [3.63, 3.8) is 0 Å². The van der Waals surface area contributed by atoms with Gasteiger partial charge in [-0.2, -0.15) is 0 Å². The van der Waals surface area contributed by atoms with Crippen LogP contribution in [0.3, 0.4) is 0 Å². The summed E-state index contributed by atoms with van der Waals surface area (Å²) in [7, 11) is 1.53. The molecule has 0 aliphatic heterocycles. The van der Waals surface area contributed by atoms with Gasteiger partial charge in [-0.05, 0) is 37.8 Å². The quantitative estimate of drug-likeness (QED) is 0.824. The number of hydrogen-bond donors (Lipinski definition) is 2. The van der Waals surface area contributed by atoms with Crippen LogP contribution in [0.15, 0.2) is 24.3 Å². The van der Waals surface area contributed by atoms with Gasteiger partial charge in [0.05, 0.1) is 12.8 Å². The molecule has 1 aliphatic rings. The predicted molar refractivity (Wildman–Crippen MR) is 71.5 cm³/mol. The maximum absolute atomic E-state index is 11.5. The van der Waals surface area contributed by atoms with Crippen molar-refractivity contribution >= 4 is 11.8 Å². The zero-order chi connectivity index (χ0) is 13.9. The van der Waals surface area contributed by atoms with Gasteiger partial charge in [0.15, 0.2) is 0 Å². The highest BCUT2D eigenvalue weighted by atomic mass is 16.5. The van der Waals surface area contributed by atoms with Crippen LogP contribution in [0.25, 0.3) is 0 Å². The van der Waals surface area contributed by atoms with Gasteiger partial charge in [-0.25, -0.2) is 9.69 Å². The van der Waals surface area contributed by atoms with E-state index in [9.17, 15) is 15.0 Å². The smallest absolute Gasteiger partial charge is 0.414 e. The number of rotatable bonds is 3. The van der Waals surface area contributed by atoms with Crippen LogP contribution >= 0.6 is 0 Å². The summed E-state index contributed by atoms with van der Waals surface area (Å²) in [5.41, 5.74) is -0.868. The molecule has 104 valence electrons. The molecule has 2 rings (SSSR count). The Morgan fingerprint density at radius 2 is 2.00 bits per heavy atom. The highest BCUT2D eigenvalue weighted by Crippen LogP contribution is 2.35. The third kappa shape index (κ3) is 2.81. The van der Waals surface area contributed by atoms with E-state index in [1.165, 1.54) is 7.11 Å². The fourth-order valence-corrected chi connectivity index (χ4v) is 2.62. The van der Waals surface area contributed by atoms with Crippen molar-refractivity contribution in [3.8, 4) is 5.75 Å². The van der Waals surface area contributed by atoms with Crippen molar-refractivity contribution in [1.29, 1.82) is 0 Å². The molecule has 0 unspecified atom stereocenters. The van der Waals surface area contributed by atoms with Crippen molar-refractivity contribution < 1.29 is 19.7 Å². The summed E-state index contributed by atoms with van der Waals surface area (Å²) in [4.78, 5) is 12.6. The van der Waals surface area contributed by atoms with Gasteiger partial charge >= 0.3 is 6.09 Å². The number of ether oxygens (including phenoxy) is 1. The summed E-state index contributed by atoms with van der Waals surface area (Å²) in [6.07, 6.45) is 2.51. The normalized spacial score (nSPS) is 17.8. The summed E-state index contributed by atoms with van der Waals surface area (Å²) < 4.78 is 5.10. The maximum atomic E-state index is 11.5. The molecule has 1 aromatic carbocycles. The Morgan fingerprint density at radius 3 is 2.58 bits per heavy atom. The maximum Gasteiger partial charge on any atom is 0.414 e. The number of amides is 1. The van der Waals surface area contributed by atoms with E-state index in [0.717, 1.165) is 24.2 Å². The van der Waals surface area contributed by atoms with Gasteiger partial charge in [0, 0.05) is 6.07 Å². The van der Waals surface area contributed by atoms with E-state index in [0.29, 0.717) is 24.3 Å². The summed E-state index contributed by atoms with van der Waals surface area (Å²) in [5, 5.41) is 20.1. The lowest BCUT2D eigenvalue weighted by atomic mass is 9.90. The molecule has 1 saturated carbocycles. The molecular weight excluding hydrogens is 246 g/mol. The van der Waals surface area contributed by atoms with Crippen LogP contribution in [0.5, 0.6) is 5.75 Å². The second-order valence-electron chi connectivity index (χ2n) is 4.86. The molecule has 5 heteroatoms. The van der Waals surface area contributed by atoms with Crippen LogP contribution < -0.4 is 9.64 Å². The molecule has 0 radical (unpaired) electrons. The first-order valence-electron chi connectivity index (χ1n) is 6.46. The lowest BCUT2D eigenvalue weighted by molar-refractivity contribution is 0.00355. The molecule has 0 spiro atoms. The van der Waals surface area contributed by atoms with E-state index in [4.69, 9.17) is 4.74 Å². The number of benzene rings is 1. The van der Waals surface area contributed by atoms with E-state index in [-0.39, 0.29) is 0 Å². The number of hydrogen-bond acceptors (Lipinski definition) is 3. The van der Waals surface area contributed by atoms with Gasteiger partial charge < -0.3 is 14.9 Å². The fraction of sp³-hybridized carbons (Fsp3) is 0.500. The van der Waals surface area contributed by atoms with Gasteiger partial charge in [0.2, 0.25) is 0 Å². The Kier molecular flexibility index (Phi) is 3.95. The van der Waals surface area contributed by atoms with Crippen LogP contribution in [0, 0.1) is 0 Å². The lowest BCUT2D eigenvalue weighted by Gasteiger charge is -2.40. The van der Waals surface area contributed by atoms with Gasteiger partial charge in [-0.3, -0.25) is 0 Å². The van der Waals surface area contributed by atoms with Crippen molar-refractivity contribution in [2.24, 2.45) is 0 Å². The second-order valence-corrected chi connectivity index (χ2v) is 4.86. The van der Waals surface area contributed by atoms with Crippen LogP contribution in [-0.4, -0.2) is 29.1 Å². The van der Waals surface area contributed by atoms with Gasteiger partial charge in [0.25, 0.3) is 0 Å². The number of nitrogens with zero attached hydrogens (tertiary/aromatic N) is 1. The van der Waals surface area contributed by atoms with Gasteiger partial charge in [-0.15, -0.1) is 0 Å². The molecule has 0 saturated heterocycles. The molecule has 0 aromatic heterocycles. The Hall–Kier alpha value is -1.75. The average Bonchev–Trinajstić information content (AvgIpc) is 2.39. The first-order chi connectivity index (χ1) is 9.07. The van der Waals surface area contributed by atoms with E-state index in [1.807, 2.05) is 0 Å². The monoisotopic (exact) mass is 265 g/mol. The van der Waals surface area contributed by atoms with E-state index in [2.05, 4.69) is 0 Å². The summed E-state index contributed by atoms with van der Waals surface area (Å²) in [6, 6.07) is 6.76. The standard InChI is InChI=1S/C14H19NO4/c1-19-12-7-5-6-11(10-12)15(13(16)17)14(18)8-3-2-4-9-14/h5-7,10,18H,2-4,8-9H2,1H3,(H,16,17).